The number of fused-ring (bicyclic) bond motifs is 1. The quantitative estimate of drug-likeness (QED) is 0.582. The normalized spacial score (nSPS) is 11.8. The molecule has 0 aliphatic carbocycles. The van der Waals surface area contributed by atoms with Gasteiger partial charge in [-0.05, 0) is 35.2 Å². The van der Waals surface area contributed by atoms with Gasteiger partial charge < -0.3 is 24.6 Å². The van der Waals surface area contributed by atoms with Crippen LogP contribution >= 0.6 is 0 Å². The number of hydrogen-bond donors (Lipinski definition) is 2. The summed E-state index contributed by atoms with van der Waals surface area (Å²) in [5.74, 6) is 1.24. The van der Waals surface area contributed by atoms with Crippen molar-refractivity contribution >= 4 is 16.7 Å². The van der Waals surface area contributed by atoms with Gasteiger partial charge in [-0.25, -0.2) is 0 Å². The second-order valence-electron chi connectivity index (χ2n) is 6.59. The topological polar surface area (TPSA) is 77.0 Å². The van der Waals surface area contributed by atoms with Crippen molar-refractivity contribution in [2.24, 2.45) is 0 Å². The molecule has 3 aromatic carbocycles. The van der Waals surface area contributed by atoms with Crippen molar-refractivity contribution in [2.75, 3.05) is 27.4 Å². The Morgan fingerprint density at radius 2 is 1.69 bits per heavy atom. The van der Waals surface area contributed by atoms with E-state index in [0.29, 0.717) is 17.9 Å². The SMILES string of the molecule is COc1ccc(COCC(O)CNC(=O)c2ccc(OC)c3ccccc23)cc1. The van der Waals surface area contributed by atoms with E-state index < -0.39 is 6.10 Å². The Morgan fingerprint density at radius 3 is 2.38 bits per heavy atom. The molecule has 0 aromatic heterocycles. The van der Waals surface area contributed by atoms with Gasteiger partial charge in [-0.1, -0.05) is 36.4 Å². The van der Waals surface area contributed by atoms with Gasteiger partial charge in [-0.3, -0.25) is 4.79 Å². The van der Waals surface area contributed by atoms with Crippen molar-refractivity contribution in [3.05, 3.63) is 71.8 Å². The molecule has 0 spiro atoms. The number of aliphatic hydroxyl groups is 1. The van der Waals surface area contributed by atoms with Gasteiger partial charge in [0.15, 0.2) is 0 Å². The summed E-state index contributed by atoms with van der Waals surface area (Å²) >= 11 is 0. The van der Waals surface area contributed by atoms with E-state index in [9.17, 15) is 9.90 Å². The summed E-state index contributed by atoms with van der Waals surface area (Å²) in [7, 11) is 3.22. The highest BCUT2D eigenvalue weighted by atomic mass is 16.5. The predicted octanol–water partition coefficient (Wildman–Crippen LogP) is 3.16. The minimum Gasteiger partial charge on any atom is -0.497 e. The van der Waals surface area contributed by atoms with Gasteiger partial charge in [0.1, 0.15) is 11.5 Å². The van der Waals surface area contributed by atoms with Gasteiger partial charge in [0.25, 0.3) is 5.91 Å². The Labute approximate surface area is 170 Å². The van der Waals surface area contributed by atoms with Crippen LogP contribution in [0.4, 0.5) is 0 Å². The van der Waals surface area contributed by atoms with Crippen LogP contribution in [0.15, 0.2) is 60.7 Å². The third-order valence-electron chi connectivity index (χ3n) is 4.58. The van der Waals surface area contributed by atoms with E-state index >= 15 is 0 Å². The number of carbonyl (C=O) groups excluding carboxylic acids is 1. The second kappa shape index (κ2) is 9.91. The molecule has 2 N–H and O–H groups in total. The summed E-state index contributed by atoms with van der Waals surface area (Å²) in [4.78, 5) is 12.6. The molecule has 0 saturated carbocycles. The Kier molecular flexibility index (Phi) is 7.05. The number of hydrogen-bond acceptors (Lipinski definition) is 5. The molecule has 0 aliphatic rings. The summed E-state index contributed by atoms with van der Waals surface area (Å²) in [5.41, 5.74) is 1.51. The number of carbonyl (C=O) groups is 1. The number of nitrogens with one attached hydrogen (secondary N) is 1. The zero-order chi connectivity index (χ0) is 20.6. The van der Waals surface area contributed by atoms with Crippen LogP contribution in [0, 0.1) is 0 Å². The van der Waals surface area contributed by atoms with Gasteiger partial charge in [0.05, 0.1) is 33.5 Å². The smallest absolute Gasteiger partial charge is 0.252 e. The number of benzene rings is 3. The minimum absolute atomic E-state index is 0.0990. The fraction of sp³-hybridized carbons (Fsp3) is 0.261. The molecule has 0 radical (unpaired) electrons. The molecule has 0 fully saturated rings. The molecule has 1 amide bonds. The first-order valence-electron chi connectivity index (χ1n) is 9.35. The van der Waals surface area contributed by atoms with E-state index in [-0.39, 0.29) is 19.1 Å². The van der Waals surface area contributed by atoms with Crippen LogP contribution in [0.3, 0.4) is 0 Å². The predicted molar refractivity (Wildman–Crippen MR) is 111 cm³/mol. The highest BCUT2D eigenvalue weighted by Crippen LogP contribution is 2.28. The maximum absolute atomic E-state index is 12.6. The molecule has 0 saturated heterocycles. The van der Waals surface area contributed by atoms with Crippen LogP contribution in [0.2, 0.25) is 0 Å². The molecular formula is C23H25NO5. The molecule has 6 heteroatoms. The molecular weight excluding hydrogens is 370 g/mol. The summed E-state index contributed by atoms with van der Waals surface area (Å²) in [6.07, 6.45) is -0.804. The molecule has 3 aromatic rings. The maximum atomic E-state index is 12.6. The van der Waals surface area contributed by atoms with Gasteiger partial charge in [0, 0.05) is 17.5 Å². The number of methoxy groups -OCH3 is 2. The highest BCUT2D eigenvalue weighted by molar-refractivity contribution is 6.08. The number of rotatable bonds is 9. The molecule has 0 heterocycles. The van der Waals surface area contributed by atoms with Crippen molar-refractivity contribution < 1.29 is 24.1 Å². The average molecular weight is 395 g/mol. The average Bonchev–Trinajstić information content (AvgIpc) is 2.77. The van der Waals surface area contributed by atoms with Gasteiger partial charge in [0.2, 0.25) is 0 Å². The lowest BCUT2D eigenvalue weighted by Gasteiger charge is -2.14. The fourth-order valence-corrected chi connectivity index (χ4v) is 3.05. The third kappa shape index (κ3) is 5.25. The monoisotopic (exact) mass is 395 g/mol. The molecule has 3 rings (SSSR count). The zero-order valence-corrected chi connectivity index (χ0v) is 16.6. The maximum Gasteiger partial charge on any atom is 0.252 e. The number of amides is 1. The molecule has 29 heavy (non-hydrogen) atoms. The van der Waals surface area contributed by atoms with Crippen LogP contribution in [0.1, 0.15) is 15.9 Å². The number of aliphatic hydroxyl groups excluding tert-OH is 1. The van der Waals surface area contributed by atoms with E-state index in [1.165, 1.54) is 0 Å². The van der Waals surface area contributed by atoms with E-state index in [4.69, 9.17) is 14.2 Å². The summed E-state index contributed by atoms with van der Waals surface area (Å²) in [6, 6.07) is 18.6. The molecule has 152 valence electrons. The third-order valence-corrected chi connectivity index (χ3v) is 4.58. The molecule has 1 unspecified atom stereocenters. The molecule has 1 atom stereocenters. The largest absolute Gasteiger partial charge is 0.497 e. The second-order valence-corrected chi connectivity index (χ2v) is 6.59. The molecule has 6 nitrogen and oxygen atoms in total. The van der Waals surface area contributed by atoms with Crippen LogP contribution < -0.4 is 14.8 Å². The van der Waals surface area contributed by atoms with Crippen LogP contribution in [-0.4, -0.2) is 44.5 Å². The van der Waals surface area contributed by atoms with Crippen molar-refractivity contribution in [1.29, 1.82) is 0 Å². The van der Waals surface area contributed by atoms with Gasteiger partial charge in [-0.15, -0.1) is 0 Å². The Bertz CT molecular complexity index is 955. The van der Waals surface area contributed by atoms with Crippen molar-refractivity contribution in [3.63, 3.8) is 0 Å². The Balaban J connectivity index is 1.52. The first-order chi connectivity index (χ1) is 14.1. The lowest BCUT2D eigenvalue weighted by atomic mass is 10.0. The van der Waals surface area contributed by atoms with Crippen LogP contribution in [-0.2, 0) is 11.3 Å². The molecule has 0 aliphatic heterocycles. The summed E-state index contributed by atoms with van der Waals surface area (Å²) < 4.78 is 16.0. The van der Waals surface area contributed by atoms with E-state index in [0.717, 1.165) is 22.1 Å². The lowest BCUT2D eigenvalue weighted by molar-refractivity contribution is 0.0285. The molecule has 0 bridgehead atoms. The van der Waals surface area contributed by atoms with Crippen molar-refractivity contribution in [2.45, 2.75) is 12.7 Å². The van der Waals surface area contributed by atoms with Gasteiger partial charge >= 0.3 is 0 Å². The summed E-state index contributed by atoms with van der Waals surface area (Å²) in [5, 5.41) is 14.6. The first-order valence-corrected chi connectivity index (χ1v) is 9.35. The fourth-order valence-electron chi connectivity index (χ4n) is 3.05. The van der Waals surface area contributed by atoms with E-state index in [1.807, 2.05) is 48.5 Å². The standard InChI is InChI=1S/C23H25NO5/c1-27-18-9-7-16(8-10-18)14-29-15-17(25)13-24-23(26)21-11-12-22(28-2)20-6-4-3-5-19(20)21/h3-12,17,25H,13-15H2,1-2H3,(H,24,26). The zero-order valence-electron chi connectivity index (χ0n) is 16.6. The Hall–Kier alpha value is -3.09. The first kappa shape index (κ1) is 20.6. The van der Waals surface area contributed by atoms with Crippen molar-refractivity contribution in [1.82, 2.24) is 5.32 Å². The van der Waals surface area contributed by atoms with Crippen LogP contribution in [0.5, 0.6) is 11.5 Å². The van der Waals surface area contributed by atoms with Crippen LogP contribution in [0.25, 0.3) is 10.8 Å². The minimum atomic E-state index is -0.804. The van der Waals surface area contributed by atoms with Crippen molar-refractivity contribution in [3.8, 4) is 11.5 Å². The summed E-state index contributed by atoms with van der Waals surface area (Å²) in [6.45, 7) is 0.593. The Morgan fingerprint density at radius 1 is 0.966 bits per heavy atom. The number of ether oxygens (including phenoxy) is 3. The lowest BCUT2D eigenvalue weighted by Crippen LogP contribution is -2.34. The van der Waals surface area contributed by atoms with E-state index in [2.05, 4.69) is 5.32 Å². The van der Waals surface area contributed by atoms with Gasteiger partial charge in [-0.2, -0.15) is 0 Å². The highest BCUT2D eigenvalue weighted by Gasteiger charge is 2.14. The van der Waals surface area contributed by atoms with E-state index in [1.54, 1.807) is 26.4 Å².